The van der Waals surface area contributed by atoms with E-state index in [1.54, 1.807) is 6.92 Å². The van der Waals surface area contributed by atoms with Gasteiger partial charge in [-0.15, -0.1) is 0 Å². The minimum Gasteiger partial charge on any atom is -0.633 e. The van der Waals surface area contributed by atoms with E-state index in [0.29, 0.717) is 42.4 Å². The lowest BCUT2D eigenvalue weighted by Crippen LogP contribution is -2.60. The largest absolute Gasteiger partial charge is 0.633 e. The summed E-state index contributed by atoms with van der Waals surface area (Å²) in [6, 6.07) is -0.104. The Morgan fingerprint density at radius 1 is 1.31 bits per heavy atom. The second kappa shape index (κ2) is 5.24. The molecule has 0 aliphatic carbocycles. The van der Waals surface area contributed by atoms with Crippen molar-refractivity contribution >= 4 is 5.97 Å². The predicted octanol–water partition coefficient (Wildman–Crippen LogP) is 2.32. The van der Waals surface area contributed by atoms with Crippen LogP contribution in [0.2, 0.25) is 0 Å². The van der Waals surface area contributed by atoms with Crippen LogP contribution >= 0.6 is 0 Å². The zero-order valence-electron chi connectivity index (χ0n) is 15.4. The molecule has 4 fully saturated rings. The summed E-state index contributed by atoms with van der Waals surface area (Å²) in [4.78, 5) is 12.0. The maximum Gasteiger partial charge on any atom is 0.343 e. The van der Waals surface area contributed by atoms with E-state index in [1.165, 1.54) is 7.11 Å². The third-order valence-electron chi connectivity index (χ3n) is 6.95. The van der Waals surface area contributed by atoms with Crippen LogP contribution in [0.5, 0.6) is 0 Å². The standard InChI is InChI=1S/C19H25NO6/c1-10-13-14-12-6-4-8-20(14,22)9-5-7-19(13,25-12)26-16(10)17-15(23-3)11(2)18(21)24-17/h10,12-14H,4-9H2,1-3H3/b17-16-/t10-,12-,13?,14?,19+,20?/m0/s1. The van der Waals surface area contributed by atoms with Gasteiger partial charge in [-0.1, -0.05) is 6.92 Å². The highest BCUT2D eigenvalue weighted by Crippen LogP contribution is 2.60. The number of rotatable bonds is 1. The topological polar surface area (TPSA) is 77.1 Å². The Labute approximate surface area is 152 Å². The van der Waals surface area contributed by atoms with Gasteiger partial charge < -0.3 is 28.8 Å². The molecule has 7 heteroatoms. The second-order valence-corrected chi connectivity index (χ2v) is 8.26. The van der Waals surface area contributed by atoms with Crippen LogP contribution in [0, 0.1) is 17.0 Å². The van der Waals surface area contributed by atoms with Crippen LogP contribution in [0.1, 0.15) is 39.5 Å². The van der Waals surface area contributed by atoms with Crippen LogP contribution in [0.15, 0.2) is 22.9 Å². The molecule has 6 atom stereocenters. The van der Waals surface area contributed by atoms with Crippen LogP contribution in [0.25, 0.3) is 0 Å². The van der Waals surface area contributed by atoms with Crippen LogP contribution in [0.4, 0.5) is 0 Å². The zero-order valence-corrected chi connectivity index (χ0v) is 15.4. The predicted molar refractivity (Wildman–Crippen MR) is 89.8 cm³/mol. The van der Waals surface area contributed by atoms with E-state index in [4.69, 9.17) is 18.9 Å². The van der Waals surface area contributed by atoms with Gasteiger partial charge in [0.05, 0.1) is 31.7 Å². The number of cyclic esters (lactones) is 1. The quantitative estimate of drug-likeness (QED) is 0.404. The summed E-state index contributed by atoms with van der Waals surface area (Å²) in [7, 11) is 1.52. The highest BCUT2D eigenvalue weighted by molar-refractivity contribution is 5.93. The third kappa shape index (κ3) is 1.91. The van der Waals surface area contributed by atoms with E-state index < -0.39 is 11.8 Å². The minimum atomic E-state index is -0.770. The van der Waals surface area contributed by atoms with Crippen molar-refractivity contribution in [3.8, 4) is 0 Å². The first-order valence-corrected chi connectivity index (χ1v) is 9.56. The number of carbonyl (C=O) groups is 1. The second-order valence-electron chi connectivity index (χ2n) is 8.26. The molecule has 0 aromatic rings. The van der Waals surface area contributed by atoms with Gasteiger partial charge in [0.2, 0.25) is 11.5 Å². The van der Waals surface area contributed by atoms with E-state index >= 15 is 0 Å². The summed E-state index contributed by atoms with van der Waals surface area (Å²) in [5.41, 5.74) is 0.439. The van der Waals surface area contributed by atoms with E-state index in [1.807, 2.05) is 0 Å². The summed E-state index contributed by atoms with van der Waals surface area (Å²) < 4.78 is 23.6. The molecule has 0 radical (unpaired) electrons. The Bertz CT molecular complexity index is 744. The monoisotopic (exact) mass is 363 g/mol. The Morgan fingerprint density at radius 2 is 2.08 bits per heavy atom. The highest BCUT2D eigenvalue weighted by Gasteiger charge is 2.70. The van der Waals surface area contributed by atoms with Gasteiger partial charge in [0.1, 0.15) is 17.9 Å². The number of hydrogen-bond acceptors (Lipinski definition) is 6. The number of nitrogens with zero attached hydrogens (tertiary/aromatic N) is 1. The lowest BCUT2D eigenvalue weighted by Gasteiger charge is -2.53. The molecule has 5 aliphatic heterocycles. The SMILES string of the molecule is COC1=C(C)C(=O)O/C1=C1\O[C@@]23CCC[N+]4([O-])CCC[C@H](O2)C4C3[C@@H]1C. The summed E-state index contributed by atoms with van der Waals surface area (Å²) in [5.74, 6) is 0.106. The van der Waals surface area contributed by atoms with Gasteiger partial charge >= 0.3 is 5.97 Å². The van der Waals surface area contributed by atoms with Crippen LogP contribution in [-0.4, -0.2) is 48.7 Å². The molecule has 0 N–H and O–H groups in total. The molecule has 4 saturated heterocycles. The molecule has 26 heavy (non-hydrogen) atoms. The number of hydroxylamine groups is 3. The Kier molecular flexibility index (Phi) is 3.34. The molecule has 7 nitrogen and oxygen atoms in total. The lowest BCUT2D eigenvalue weighted by molar-refractivity contribution is -0.915. The molecule has 0 aromatic carbocycles. The number of piperidine rings is 1. The fourth-order valence-electron chi connectivity index (χ4n) is 5.91. The number of ether oxygens (including phenoxy) is 4. The zero-order chi connectivity index (χ0) is 18.3. The molecule has 5 heterocycles. The molecule has 0 spiro atoms. The van der Waals surface area contributed by atoms with Crippen molar-refractivity contribution in [2.75, 3.05) is 20.2 Å². The van der Waals surface area contributed by atoms with Crippen molar-refractivity contribution in [1.29, 1.82) is 0 Å². The Balaban J connectivity index is 1.61. The van der Waals surface area contributed by atoms with Gasteiger partial charge in [0.25, 0.3) is 0 Å². The molecule has 0 saturated carbocycles. The normalized spacial score (nSPS) is 49.6. The highest BCUT2D eigenvalue weighted by atomic mass is 16.7. The van der Waals surface area contributed by atoms with Gasteiger partial charge in [-0.05, 0) is 19.8 Å². The first-order valence-electron chi connectivity index (χ1n) is 9.56. The van der Waals surface area contributed by atoms with E-state index in [9.17, 15) is 10.0 Å². The first kappa shape index (κ1) is 16.6. The summed E-state index contributed by atoms with van der Waals surface area (Å²) in [6.45, 7) is 5.04. The molecule has 5 rings (SSSR count). The molecule has 142 valence electrons. The van der Waals surface area contributed by atoms with Crippen molar-refractivity contribution in [3.05, 3.63) is 28.1 Å². The van der Waals surface area contributed by atoms with E-state index in [0.717, 1.165) is 19.3 Å². The smallest absolute Gasteiger partial charge is 0.343 e. The Hall–Kier alpha value is -1.57. The molecule has 0 amide bonds. The van der Waals surface area contributed by atoms with Crippen LogP contribution in [0.3, 0.4) is 0 Å². The van der Waals surface area contributed by atoms with Crippen molar-refractivity contribution < 1.29 is 28.4 Å². The number of esters is 1. The maximum absolute atomic E-state index is 13.6. The van der Waals surface area contributed by atoms with Crippen molar-refractivity contribution in [3.63, 3.8) is 0 Å². The lowest BCUT2D eigenvalue weighted by atomic mass is 9.79. The molecule has 3 unspecified atom stereocenters. The third-order valence-corrected chi connectivity index (χ3v) is 6.95. The Morgan fingerprint density at radius 3 is 2.85 bits per heavy atom. The molecular formula is C19H25NO6. The van der Waals surface area contributed by atoms with E-state index in [-0.39, 0.29) is 28.6 Å². The number of carbonyl (C=O) groups excluding carboxylic acids is 1. The number of hydrogen-bond donors (Lipinski definition) is 0. The first-order chi connectivity index (χ1) is 12.4. The maximum atomic E-state index is 13.6. The fourth-order valence-corrected chi connectivity index (χ4v) is 5.91. The summed E-state index contributed by atoms with van der Waals surface area (Å²) in [6.07, 6.45) is 3.27. The van der Waals surface area contributed by atoms with Gasteiger partial charge in [-0.25, -0.2) is 4.79 Å². The van der Waals surface area contributed by atoms with Gasteiger partial charge in [-0.2, -0.15) is 0 Å². The number of quaternary nitrogens is 1. The van der Waals surface area contributed by atoms with Crippen LogP contribution < -0.4 is 0 Å². The minimum absolute atomic E-state index is 0.0204. The van der Waals surface area contributed by atoms with E-state index in [2.05, 4.69) is 6.92 Å². The number of methoxy groups -OCH3 is 1. The van der Waals surface area contributed by atoms with Gasteiger partial charge in [0, 0.05) is 18.8 Å². The van der Waals surface area contributed by atoms with Crippen molar-refractivity contribution in [1.82, 2.24) is 0 Å². The summed E-state index contributed by atoms with van der Waals surface area (Å²) in [5, 5.41) is 13.6. The average molecular weight is 363 g/mol. The molecular weight excluding hydrogens is 338 g/mol. The molecule has 5 aliphatic rings. The van der Waals surface area contributed by atoms with Crippen molar-refractivity contribution in [2.45, 2.75) is 57.5 Å². The van der Waals surface area contributed by atoms with Crippen molar-refractivity contribution in [2.24, 2.45) is 11.8 Å². The summed E-state index contributed by atoms with van der Waals surface area (Å²) >= 11 is 0. The fraction of sp³-hybridized carbons (Fsp3) is 0.737. The molecule has 2 bridgehead atoms. The van der Waals surface area contributed by atoms with Gasteiger partial charge in [-0.3, -0.25) is 0 Å². The number of allylic oxidation sites excluding steroid dienone is 1. The van der Waals surface area contributed by atoms with Gasteiger partial charge in [0.15, 0.2) is 5.76 Å². The van der Waals surface area contributed by atoms with Crippen LogP contribution in [-0.2, 0) is 23.7 Å². The molecule has 0 aromatic heterocycles. The average Bonchev–Trinajstić information content (AvgIpc) is 3.13.